The number of nitrogens with one attached hydrogen (secondary N) is 2. The van der Waals surface area contributed by atoms with Crippen LogP contribution in [0.4, 0.5) is 0 Å². The Bertz CT molecular complexity index is 814. The molecule has 2 heterocycles. The highest BCUT2D eigenvalue weighted by molar-refractivity contribution is 5.79. The van der Waals surface area contributed by atoms with Gasteiger partial charge in [-0.05, 0) is 17.5 Å². The first kappa shape index (κ1) is 19.9. The van der Waals surface area contributed by atoms with Gasteiger partial charge < -0.3 is 20.1 Å². The Labute approximate surface area is 166 Å². The summed E-state index contributed by atoms with van der Waals surface area (Å²) in [6, 6.07) is 8.25. The van der Waals surface area contributed by atoms with Gasteiger partial charge in [0.2, 0.25) is 5.91 Å². The predicted octanol–water partition coefficient (Wildman–Crippen LogP) is 1.33. The van der Waals surface area contributed by atoms with Gasteiger partial charge in [-0.2, -0.15) is 0 Å². The van der Waals surface area contributed by atoms with Gasteiger partial charge in [0, 0.05) is 52.6 Å². The number of aryl methyl sites for hydroxylation is 1. The van der Waals surface area contributed by atoms with Crippen LogP contribution in [-0.4, -0.2) is 51.7 Å². The lowest BCUT2D eigenvalue weighted by Gasteiger charge is -2.19. The summed E-state index contributed by atoms with van der Waals surface area (Å²) >= 11 is 0. The summed E-state index contributed by atoms with van der Waals surface area (Å²) in [4.78, 5) is 18.2. The number of benzene rings is 1. The van der Waals surface area contributed by atoms with E-state index in [0.717, 1.165) is 44.3 Å². The van der Waals surface area contributed by atoms with Crippen molar-refractivity contribution in [2.45, 2.75) is 45.8 Å². The molecule has 1 aromatic heterocycles. The molecule has 0 saturated carbocycles. The Morgan fingerprint density at radius 3 is 2.79 bits per heavy atom. The molecule has 2 aromatic rings. The zero-order valence-corrected chi connectivity index (χ0v) is 16.7. The molecule has 8 heteroatoms. The van der Waals surface area contributed by atoms with Gasteiger partial charge in [-0.25, -0.2) is 0 Å². The number of guanidine groups is 1. The van der Waals surface area contributed by atoms with E-state index in [4.69, 9.17) is 0 Å². The van der Waals surface area contributed by atoms with Crippen LogP contribution in [0, 0.1) is 0 Å². The molecule has 0 aliphatic carbocycles. The lowest BCUT2D eigenvalue weighted by atomic mass is 10.1. The molecule has 0 bridgehead atoms. The minimum Gasteiger partial charge on any atom is -0.355 e. The van der Waals surface area contributed by atoms with Crippen LogP contribution in [-0.2, 0) is 30.8 Å². The molecule has 8 nitrogen and oxygen atoms in total. The van der Waals surface area contributed by atoms with E-state index in [1.54, 1.807) is 13.4 Å². The van der Waals surface area contributed by atoms with E-state index in [1.165, 1.54) is 11.1 Å². The van der Waals surface area contributed by atoms with Gasteiger partial charge in [0.25, 0.3) is 0 Å². The molecule has 1 saturated heterocycles. The van der Waals surface area contributed by atoms with Crippen LogP contribution in [0.2, 0.25) is 0 Å². The highest BCUT2D eigenvalue weighted by atomic mass is 16.2. The number of rotatable bonds is 8. The number of hydrogen-bond donors (Lipinski definition) is 2. The van der Waals surface area contributed by atoms with E-state index in [2.05, 4.69) is 44.9 Å². The second-order valence-corrected chi connectivity index (χ2v) is 6.83. The van der Waals surface area contributed by atoms with Gasteiger partial charge in [0.15, 0.2) is 5.96 Å². The van der Waals surface area contributed by atoms with Gasteiger partial charge >= 0.3 is 0 Å². The van der Waals surface area contributed by atoms with Crippen LogP contribution in [0.5, 0.6) is 0 Å². The second-order valence-electron chi connectivity index (χ2n) is 6.83. The standard InChI is InChI=1S/C20H29N7O/c1-3-18-25-24-15-27(18)12-10-22-20(21-2)23-13-16-7-4-5-8-17(16)14-26-11-6-9-19(26)28/h4-5,7-8,15H,3,6,9-14H2,1-2H3,(H2,21,22,23). The monoisotopic (exact) mass is 383 g/mol. The largest absolute Gasteiger partial charge is 0.355 e. The molecule has 0 radical (unpaired) electrons. The molecule has 0 unspecified atom stereocenters. The van der Waals surface area contributed by atoms with Crippen molar-refractivity contribution in [1.82, 2.24) is 30.3 Å². The van der Waals surface area contributed by atoms with Gasteiger partial charge in [0.1, 0.15) is 12.2 Å². The maximum Gasteiger partial charge on any atom is 0.222 e. The third-order valence-corrected chi connectivity index (χ3v) is 4.98. The van der Waals surface area contributed by atoms with Gasteiger partial charge in [-0.1, -0.05) is 31.2 Å². The summed E-state index contributed by atoms with van der Waals surface area (Å²) in [5, 5.41) is 14.7. The topological polar surface area (TPSA) is 87.4 Å². The summed E-state index contributed by atoms with van der Waals surface area (Å²) in [6.07, 6.45) is 4.25. The number of hydrogen-bond acceptors (Lipinski definition) is 4. The van der Waals surface area contributed by atoms with Crippen LogP contribution in [0.1, 0.15) is 36.7 Å². The number of aromatic nitrogens is 3. The quantitative estimate of drug-likeness (QED) is 0.530. The Balaban J connectivity index is 1.51. The van der Waals surface area contributed by atoms with Crippen molar-refractivity contribution in [2.24, 2.45) is 4.99 Å². The summed E-state index contributed by atoms with van der Waals surface area (Å²) in [6.45, 7) is 5.77. The molecule has 1 aromatic carbocycles. The Hall–Kier alpha value is -2.90. The maximum absolute atomic E-state index is 11.9. The second kappa shape index (κ2) is 9.87. The van der Waals surface area contributed by atoms with E-state index in [1.807, 2.05) is 21.6 Å². The average Bonchev–Trinajstić information content (AvgIpc) is 3.34. The molecule has 1 aliphatic heterocycles. The van der Waals surface area contributed by atoms with Crippen LogP contribution in [0.3, 0.4) is 0 Å². The molecule has 150 valence electrons. The number of carbonyl (C=O) groups is 1. The third-order valence-electron chi connectivity index (χ3n) is 4.98. The molecule has 2 N–H and O–H groups in total. The van der Waals surface area contributed by atoms with E-state index in [0.29, 0.717) is 19.5 Å². The number of carbonyl (C=O) groups excluding carboxylic acids is 1. The van der Waals surface area contributed by atoms with E-state index < -0.39 is 0 Å². The fraction of sp³-hybridized carbons (Fsp3) is 0.500. The number of likely N-dealkylation sites (tertiary alicyclic amines) is 1. The van der Waals surface area contributed by atoms with Crippen molar-refractivity contribution < 1.29 is 4.79 Å². The molecular weight excluding hydrogens is 354 g/mol. The molecular formula is C20H29N7O. The Morgan fingerprint density at radius 1 is 1.25 bits per heavy atom. The van der Waals surface area contributed by atoms with Crippen molar-refractivity contribution >= 4 is 11.9 Å². The summed E-state index contributed by atoms with van der Waals surface area (Å²) in [7, 11) is 1.76. The highest BCUT2D eigenvalue weighted by Crippen LogP contribution is 2.17. The smallest absolute Gasteiger partial charge is 0.222 e. The molecule has 1 amide bonds. The van der Waals surface area contributed by atoms with E-state index in [-0.39, 0.29) is 5.91 Å². The van der Waals surface area contributed by atoms with Gasteiger partial charge in [0.05, 0.1) is 0 Å². The van der Waals surface area contributed by atoms with Crippen molar-refractivity contribution in [1.29, 1.82) is 0 Å². The minimum absolute atomic E-state index is 0.251. The van der Waals surface area contributed by atoms with Crippen LogP contribution < -0.4 is 10.6 Å². The summed E-state index contributed by atoms with van der Waals surface area (Å²) in [5.41, 5.74) is 2.36. The van der Waals surface area contributed by atoms with Crippen LogP contribution >= 0.6 is 0 Å². The SMILES string of the molecule is CCc1nncn1CCNC(=NC)NCc1ccccc1CN1CCCC1=O. The normalized spacial score (nSPS) is 14.6. The van der Waals surface area contributed by atoms with Crippen molar-refractivity contribution in [3.8, 4) is 0 Å². The molecule has 3 rings (SSSR count). The van der Waals surface area contributed by atoms with Gasteiger partial charge in [-0.15, -0.1) is 10.2 Å². The van der Waals surface area contributed by atoms with Crippen LogP contribution in [0.15, 0.2) is 35.6 Å². The fourth-order valence-electron chi connectivity index (χ4n) is 3.39. The number of aliphatic imine (C=N–C) groups is 1. The van der Waals surface area contributed by atoms with Gasteiger partial charge in [-0.3, -0.25) is 9.79 Å². The van der Waals surface area contributed by atoms with E-state index >= 15 is 0 Å². The fourth-order valence-corrected chi connectivity index (χ4v) is 3.39. The minimum atomic E-state index is 0.251. The maximum atomic E-state index is 11.9. The summed E-state index contributed by atoms with van der Waals surface area (Å²) < 4.78 is 2.04. The Morgan fingerprint density at radius 2 is 2.07 bits per heavy atom. The first-order valence-corrected chi connectivity index (χ1v) is 9.87. The third kappa shape index (κ3) is 5.09. The first-order chi connectivity index (χ1) is 13.7. The zero-order valence-electron chi connectivity index (χ0n) is 16.7. The Kier molecular flexibility index (Phi) is 7.00. The zero-order chi connectivity index (χ0) is 19.8. The van der Waals surface area contributed by atoms with Crippen molar-refractivity contribution in [2.75, 3.05) is 20.1 Å². The number of amides is 1. The van der Waals surface area contributed by atoms with Crippen molar-refractivity contribution in [3.63, 3.8) is 0 Å². The number of nitrogens with zero attached hydrogens (tertiary/aromatic N) is 5. The molecule has 0 atom stereocenters. The molecule has 28 heavy (non-hydrogen) atoms. The molecule has 1 fully saturated rings. The lowest BCUT2D eigenvalue weighted by Crippen LogP contribution is -2.38. The first-order valence-electron chi connectivity index (χ1n) is 9.87. The van der Waals surface area contributed by atoms with Crippen molar-refractivity contribution in [3.05, 3.63) is 47.5 Å². The lowest BCUT2D eigenvalue weighted by molar-refractivity contribution is -0.128. The molecule has 0 spiro atoms. The average molecular weight is 384 g/mol. The highest BCUT2D eigenvalue weighted by Gasteiger charge is 2.20. The molecule has 1 aliphatic rings. The van der Waals surface area contributed by atoms with E-state index in [9.17, 15) is 4.79 Å². The predicted molar refractivity (Wildman–Crippen MR) is 109 cm³/mol. The van der Waals surface area contributed by atoms with Crippen LogP contribution in [0.25, 0.3) is 0 Å². The summed E-state index contributed by atoms with van der Waals surface area (Å²) in [5.74, 6) is 1.98.